The Labute approximate surface area is 141 Å². The minimum Gasteiger partial charge on any atom is -0.356 e. The molecule has 0 unspecified atom stereocenters. The van der Waals surface area contributed by atoms with Crippen LogP contribution in [0.5, 0.6) is 0 Å². The molecule has 4 aromatic rings. The lowest BCUT2D eigenvalue weighted by Crippen LogP contribution is -2.14. The zero-order valence-corrected chi connectivity index (χ0v) is 13.7. The van der Waals surface area contributed by atoms with Gasteiger partial charge in [0.15, 0.2) is 0 Å². The van der Waals surface area contributed by atoms with Crippen LogP contribution in [0.4, 0.5) is 5.13 Å². The van der Waals surface area contributed by atoms with Crippen LogP contribution < -0.4 is 10.9 Å². The molecule has 0 radical (unpaired) electrons. The van der Waals surface area contributed by atoms with Crippen molar-refractivity contribution in [2.45, 2.75) is 13.5 Å². The summed E-state index contributed by atoms with van der Waals surface area (Å²) in [5, 5.41) is 15.0. The lowest BCUT2D eigenvalue weighted by atomic mass is 10.1. The third-order valence-electron chi connectivity index (χ3n) is 3.68. The molecule has 0 fully saturated rings. The Balaban J connectivity index is 1.67. The number of hydrogen-bond donors (Lipinski definition) is 2. The molecule has 0 amide bonds. The summed E-state index contributed by atoms with van der Waals surface area (Å²) in [7, 11) is 0. The highest BCUT2D eigenvalue weighted by Gasteiger charge is 2.10. The smallest absolute Gasteiger partial charge is 0.275 e. The summed E-state index contributed by atoms with van der Waals surface area (Å²) >= 11 is 1.35. The number of nitrogens with zero attached hydrogens (tertiary/aromatic N) is 4. The molecule has 7 nitrogen and oxygen atoms in total. The van der Waals surface area contributed by atoms with Gasteiger partial charge in [0.2, 0.25) is 10.1 Å². The van der Waals surface area contributed by atoms with E-state index in [2.05, 4.69) is 25.6 Å². The molecule has 24 heavy (non-hydrogen) atoms. The second-order valence-electron chi connectivity index (χ2n) is 5.32. The molecule has 3 heterocycles. The predicted molar refractivity (Wildman–Crippen MR) is 93.2 cm³/mol. The van der Waals surface area contributed by atoms with Crippen molar-refractivity contribution in [2.24, 2.45) is 0 Å². The summed E-state index contributed by atoms with van der Waals surface area (Å²) in [6, 6.07) is 11.1. The van der Waals surface area contributed by atoms with Crippen LogP contribution in [0.15, 0.2) is 47.4 Å². The molecule has 0 atom stereocenters. The minimum atomic E-state index is -0.192. The summed E-state index contributed by atoms with van der Waals surface area (Å²) in [4.78, 5) is 17.4. The Morgan fingerprint density at radius 3 is 2.88 bits per heavy atom. The van der Waals surface area contributed by atoms with Gasteiger partial charge in [-0.3, -0.25) is 9.89 Å². The predicted octanol–water partition coefficient (Wildman–Crippen LogP) is 2.46. The number of H-pyrrole nitrogens is 1. The van der Waals surface area contributed by atoms with Gasteiger partial charge in [-0.1, -0.05) is 41.7 Å². The SMILES string of the molecule is Cc1[nH]ncc1CNc1nn2c(=O)cc(-c3ccccc3)nc2s1. The summed E-state index contributed by atoms with van der Waals surface area (Å²) in [6.45, 7) is 2.54. The molecule has 4 rings (SSSR count). The van der Waals surface area contributed by atoms with Gasteiger partial charge in [0.05, 0.1) is 11.9 Å². The Bertz CT molecular complexity index is 1050. The standard InChI is InChI=1S/C16H14N6OS/c1-10-12(9-18-20-10)8-17-15-21-22-14(23)7-13(19-16(22)24-15)11-5-3-2-4-6-11/h2-7,9H,8H2,1H3,(H,17,21)(H,18,20). The lowest BCUT2D eigenvalue weighted by Gasteiger charge is -1.99. The largest absolute Gasteiger partial charge is 0.356 e. The maximum absolute atomic E-state index is 12.3. The third-order valence-corrected chi connectivity index (χ3v) is 4.55. The summed E-state index contributed by atoms with van der Waals surface area (Å²) in [5.74, 6) is 0. The van der Waals surface area contributed by atoms with E-state index in [4.69, 9.17) is 0 Å². The first-order valence-corrected chi connectivity index (χ1v) is 8.21. The first-order chi connectivity index (χ1) is 11.7. The highest BCUT2D eigenvalue weighted by Crippen LogP contribution is 2.21. The van der Waals surface area contributed by atoms with Crippen LogP contribution in [0.1, 0.15) is 11.3 Å². The summed E-state index contributed by atoms with van der Waals surface area (Å²) in [5.41, 5.74) is 3.43. The number of anilines is 1. The van der Waals surface area contributed by atoms with Gasteiger partial charge in [0.25, 0.3) is 5.56 Å². The van der Waals surface area contributed by atoms with E-state index in [0.717, 1.165) is 16.8 Å². The van der Waals surface area contributed by atoms with Crippen molar-refractivity contribution < 1.29 is 0 Å². The van der Waals surface area contributed by atoms with Crippen LogP contribution in [-0.4, -0.2) is 24.8 Å². The second-order valence-corrected chi connectivity index (χ2v) is 6.28. The van der Waals surface area contributed by atoms with Gasteiger partial charge in [0, 0.05) is 29.4 Å². The molecule has 0 saturated carbocycles. The maximum atomic E-state index is 12.3. The van der Waals surface area contributed by atoms with Gasteiger partial charge in [0.1, 0.15) is 0 Å². The van der Waals surface area contributed by atoms with E-state index in [1.807, 2.05) is 37.3 Å². The van der Waals surface area contributed by atoms with Gasteiger partial charge >= 0.3 is 0 Å². The third kappa shape index (κ3) is 2.67. The number of benzene rings is 1. The maximum Gasteiger partial charge on any atom is 0.275 e. The van der Waals surface area contributed by atoms with Crippen molar-refractivity contribution in [1.82, 2.24) is 24.8 Å². The average Bonchev–Trinajstić information content (AvgIpc) is 3.20. The molecule has 8 heteroatoms. The first-order valence-electron chi connectivity index (χ1n) is 7.40. The van der Waals surface area contributed by atoms with Crippen molar-refractivity contribution in [2.75, 3.05) is 5.32 Å². The highest BCUT2D eigenvalue weighted by molar-refractivity contribution is 7.20. The quantitative estimate of drug-likeness (QED) is 0.597. The first kappa shape index (κ1) is 14.6. The second kappa shape index (κ2) is 5.89. The van der Waals surface area contributed by atoms with Crippen molar-refractivity contribution >= 4 is 21.4 Å². The van der Waals surface area contributed by atoms with Crippen LogP contribution in [0.2, 0.25) is 0 Å². The van der Waals surface area contributed by atoms with E-state index in [0.29, 0.717) is 22.3 Å². The Morgan fingerprint density at radius 1 is 1.29 bits per heavy atom. The summed E-state index contributed by atoms with van der Waals surface area (Å²) in [6.07, 6.45) is 1.77. The Morgan fingerprint density at radius 2 is 2.12 bits per heavy atom. The van der Waals surface area contributed by atoms with Crippen LogP contribution >= 0.6 is 11.3 Å². The highest BCUT2D eigenvalue weighted by atomic mass is 32.1. The zero-order valence-electron chi connectivity index (χ0n) is 12.9. The fourth-order valence-corrected chi connectivity index (χ4v) is 3.16. The number of hydrogen-bond acceptors (Lipinski definition) is 6. The molecule has 0 aliphatic rings. The van der Waals surface area contributed by atoms with Crippen LogP contribution in [0.3, 0.4) is 0 Å². The molecule has 1 aromatic carbocycles. The molecular weight excluding hydrogens is 324 g/mol. The van der Waals surface area contributed by atoms with Crippen molar-refractivity contribution in [3.05, 3.63) is 64.2 Å². The fraction of sp³-hybridized carbons (Fsp3) is 0.125. The van der Waals surface area contributed by atoms with E-state index in [-0.39, 0.29) is 5.56 Å². The van der Waals surface area contributed by atoms with Crippen LogP contribution in [0.25, 0.3) is 16.2 Å². The van der Waals surface area contributed by atoms with E-state index in [1.54, 1.807) is 6.20 Å². The summed E-state index contributed by atoms with van der Waals surface area (Å²) < 4.78 is 1.32. The van der Waals surface area contributed by atoms with Gasteiger partial charge in [-0.25, -0.2) is 4.98 Å². The molecule has 3 aromatic heterocycles. The molecule has 0 spiro atoms. The molecule has 0 saturated heterocycles. The zero-order chi connectivity index (χ0) is 16.5. The monoisotopic (exact) mass is 338 g/mol. The normalized spacial score (nSPS) is 11.0. The number of aryl methyl sites for hydroxylation is 1. The number of aromatic nitrogens is 5. The Hall–Kier alpha value is -3.00. The number of nitrogens with one attached hydrogen (secondary N) is 2. The van der Waals surface area contributed by atoms with Crippen molar-refractivity contribution in [3.63, 3.8) is 0 Å². The van der Waals surface area contributed by atoms with Gasteiger partial charge < -0.3 is 5.32 Å². The number of rotatable bonds is 4. The molecular formula is C16H14N6OS. The molecule has 0 bridgehead atoms. The molecule has 120 valence electrons. The van der Waals surface area contributed by atoms with Gasteiger partial charge in [-0.2, -0.15) is 9.61 Å². The number of fused-ring (bicyclic) bond motifs is 1. The van der Waals surface area contributed by atoms with Crippen LogP contribution in [0, 0.1) is 6.92 Å². The van der Waals surface area contributed by atoms with Gasteiger partial charge in [-0.15, -0.1) is 5.10 Å². The fourth-order valence-electron chi connectivity index (χ4n) is 2.36. The van der Waals surface area contributed by atoms with Crippen molar-refractivity contribution in [3.8, 4) is 11.3 Å². The van der Waals surface area contributed by atoms with Crippen molar-refractivity contribution in [1.29, 1.82) is 0 Å². The Kier molecular flexibility index (Phi) is 3.58. The average molecular weight is 338 g/mol. The molecule has 2 N–H and O–H groups in total. The van der Waals surface area contributed by atoms with Gasteiger partial charge in [-0.05, 0) is 6.92 Å². The number of aromatic amines is 1. The van der Waals surface area contributed by atoms with E-state index < -0.39 is 0 Å². The van der Waals surface area contributed by atoms with E-state index in [1.165, 1.54) is 21.9 Å². The van der Waals surface area contributed by atoms with E-state index >= 15 is 0 Å². The minimum absolute atomic E-state index is 0.192. The topological polar surface area (TPSA) is 88.0 Å². The van der Waals surface area contributed by atoms with Crippen LogP contribution in [-0.2, 0) is 6.54 Å². The molecule has 0 aliphatic heterocycles. The van der Waals surface area contributed by atoms with E-state index in [9.17, 15) is 4.79 Å². The lowest BCUT2D eigenvalue weighted by molar-refractivity contribution is 0.896. The molecule has 0 aliphatic carbocycles.